The number of pyridine rings is 1. The van der Waals surface area contributed by atoms with Gasteiger partial charge in [-0.15, -0.1) is 0 Å². The third-order valence-corrected chi connectivity index (χ3v) is 4.45. The second kappa shape index (κ2) is 9.57. The molecular weight excluding hydrogens is 370 g/mol. The summed E-state index contributed by atoms with van der Waals surface area (Å²) >= 11 is 0. The summed E-state index contributed by atoms with van der Waals surface area (Å²) < 4.78 is 6.01. The molecule has 7 heteroatoms. The first-order chi connectivity index (χ1) is 14.1. The molecule has 0 amide bonds. The van der Waals surface area contributed by atoms with E-state index in [1.165, 1.54) is 0 Å². The average Bonchev–Trinajstić information content (AvgIpc) is 2.74. The zero-order valence-corrected chi connectivity index (χ0v) is 15.9. The van der Waals surface area contributed by atoms with Gasteiger partial charge in [0.2, 0.25) is 0 Å². The Balaban J connectivity index is 1.70. The van der Waals surface area contributed by atoms with Crippen LogP contribution >= 0.6 is 0 Å². The maximum absolute atomic E-state index is 11.1. The van der Waals surface area contributed by atoms with Crippen LogP contribution in [0.3, 0.4) is 0 Å². The number of nitrogens with two attached hydrogens (primary N) is 1. The van der Waals surface area contributed by atoms with E-state index in [4.69, 9.17) is 15.6 Å². The van der Waals surface area contributed by atoms with E-state index in [9.17, 15) is 9.90 Å². The monoisotopic (exact) mass is 393 g/mol. The Morgan fingerprint density at radius 2 is 1.79 bits per heavy atom. The average molecular weight is 393 g/mol. The van der Waals surface area contributed by atoms with Crippen LogP contribution in [0.2, 0.25) is 0 Å². The number of hydrogen-bond acceptors (Lipinski definition) is 6. The van der Waals surface area contributed by atoms with Crippen LogP contribution in [0.5, 0.6) is 5.75 Å². The molecule has 0 saturated heterocycles. The van der Waals surface area contributed by atoms with Crippen molar-refractivity contribution < 1.29 is 19.7 Å². The van der Waals surface area contributed by atoms with Crippen molar-refractivity contribution in [1.82, 2.24) is 4.98 Å². The predicted molar refractivity (Wildman–Crippen MR) is 112 cm³/mol. The van der Waals surface area contributed by atoms with Gasteiger partial charge in [-0.25, -0.2) is 9.78 Å². The highest BCUT2D eigenvalue weighted by atomic mass is 16.5. The SMILES string of the molecule is Nc1ccc(N(CCO)CCOc2ccccc2-c2ccc(C(=O)O)cc2)cn1. The fourth-order valence-corrected chi connectivity index (χ4v) is 2.96. The van der Waals surface area contributed by atoms with Crippen LogP contribution < -0.4 is 15.4 Å². The minimum atomic E-state index is -0.956. The van der Waals surface area contributed by atoms with Gasteiger partial charge in [0, 0.05) is 12.1 Å². The number of aliphatic hydroxyl groups is 1. The molecule has 0 atom stereocenters. The molecule has 0 unspecified atom stereocenters. The number of nitrogen functional groups attached to an aromatic ring is 1. The van der Waals surface area contributed by atoms with Gasteiger partial charge in [0.15, 0.2) is 0 Å². The van der Waals surface area contributed by atoms with Crippen LogP contribution in [0, 0.1) is 0 Å². The van der Waals surface area contributed by atoms with Gasteiger partial charge in [0.05, 0.1) is 30.6 Å². The number of ether oxygens (including phenoxy) is 1. The van der Waals surface area contributed by atoms with Gasteiger partial charge in [0.1, 0.15) is 18.2 Å². The number of para-hydroxylation sites is 1. The topological polar surface area (TPSA) is 109 Å². The Labute approximate surface area is 169 Å². The number of anilines is 2. The highest BCUT2D eigenvalue weighted by molar-refractivity contribution is 5.88. The predicted octanol–water partition coefficient (Wildman–Crippen LogP) is 2.91. The zero-order chi connectivity index (χ0) is 20.6. The van der Waals surface area contributed by atoms with Crippen molar-refractivity contribution in [3.8, 4) is 16.9 Å². The number of carboxylic acids is 1. The minimum Gasteiger partial charge on any atom is -0.491 e. The van der Waals surface area contributed by atoms with E-state index in [-0.39, 0.29) is 12.2 Å². The van der Waals surface area contributed by atoms with Crippen molar-refractivity contribution in [2.75, 3.05) is 36.9 Å². The number of carboxylic acid groups (broad SMARTS) is 1. The number of rotatable bonds is 9. The van der Waals surface area contributed by atoms with Gasteiger partial charge in [-0.05, 0) is 35.9 Å². The van der Waals surface area contributed by atoms with E-state index in [1.54, 1.807) is 36.5 Å². The molecule has 1 heterocycles. The molecule has 7 nitrogen and oxygen atoms in total. The van der Waals surface area contributed by atoms with Crippen molar-refractivity contribution in [2.45, 2.75) is 0 Å². The number of hydrogen-bond donors (Lipinski definition) is 3. The molecule has 0 spiro atoms. The lowest BCUT2D eigenvalue weighted by Gasteiger charge is -2.24. The molecule has 3 aromatic rings. The lowest BCUT2D eigenvalue weighted by atomic mass is 10.0. The number of benzene rings is 2. The van der Waals surface area contributed by atoms with Crippen LogP contribution in [-0.4, -0.2) is 47.5 Å². The molecular formula is C22H23N3O4. The fraction of sp³-hybridized carbons (Fsp3) is 0.182. The summed E-state index contributed by atoms with van der Waals surface area (Å²) in [5.74, 6) is 0.189. The third-order valence-electron chi connectivity index (χ3n) is 4.45. The molecule has 150 valence electrons. The summed E-state index contributed by atoms with van der Waals surface area (Å²) in [6.07, 6.45) is 1.67. The Morgan fingerprint density at radius 1 is 1.03 bits per heavy atom. The molecule has 0 saturated carbocycles. The maximum atomic E-state index is 11.1. The molecule has 4 N–H and O–H groups in total. The van der Waals surface area contributed by atoms with Gasteiger partial charge in [-0.3, -0.25) is 0 Å². The van der Waals surface area contributed by atoms with Crippen LogP contribution in [0.25, 0.3) is 11.1 Å². The lowest BCUT2D eigenvalue weighted by molar-refractivity contribution is 0.0697. The largest absolute Gasteiger partial charge is 0.491 e. The zero-order valence-electron chi connectivity index (χ0n) is 15.9. The van der Waals surface area contributed by atoms with Crippen LogP contribution in [0.15, 0.2) is 66.9 Å². The van der Waals surface area contributed by atoms with Crippen molar-refractivity contribution in [2.24, 2.45) is 0 Å². The second-order valence-corrected chi connectivity index (χ2v) is 6.38. The minimum absolute atomic E-state index is 0.0108. The van der Waals surface area contributed by atoms with E-state index in [2.05, 4.69) is 4.98 Å². The first kappa shape index (κ1) is 20.2. The van der Waals surface area contributed by atoms with Gasteiger partial charge >= 0.3 is 5.97 Å². The molecule has 0 bridgehead atoms. The standard InChI is InChI=1S/C22H23N3O4/c23-21-10-9-18(15-24-21)25(11-13-26)12-14-29-20-4-2-1-3-19(20)16-5-7-17(8-6-16)22(27)28/h1-10,15,26H,11-14H2,(H2,23,24)(H,27,28). The molecule has 2 aromatic carbocycles. The fourth-order valence-electron chi connectivity index (χ4n) is 2.96. The van der Waals surface area contributed by atoms with Gasteiger partial charge in [0.25, 0.3) is 0 Å². The summed E-state index contributed by atoms with van der Waals surface area (Å²) in [6, 6.07) is 17.9. The maximum Gasteiger partial charge on any atom is 0.335 e. The molecule has 0 aliphatic carbocycles. The number of carbonyl (C=O) groups is 1. The van der Waals surface area contributed by atoms with E-state index in [0.29, 0.717) is 31.3 Å². The highest BCUT2D eigenvalue weighted by Crippen LogP contribution is 2.30. The number of nitrogens with zero attached hydrogens (tertiary/aromatic N) is 2. The number of aromatic carboxylic acids is 1. The second-order valence-electron chi connectivity index (χ2n) is 6.38. The summed E-state index contributed by atoms with van der Waals surface area (Å²) in [7, 11) is 0. The molecule has 0 fully saturated rings. The van der Waals surface area contributed by atoms with E-state index >= 15 is 0 Å². The van der Waals surface area contributed by atoms with E-state index < -0.39 is 5.97 Å². The smallest absolute Gasteiger partial charge is 0.335 e. The van der Waals surface area contributed by atoms with Crippen LogP contribution in [0.1, 0.15) is 10.4 Å². The molecule has 0 radical (unpaired) electrons. The Hall–Kier alpha value is -3.58. The number of aliphatic hydroxyl groups excluding tert-OH is 1. The summed E-state index contributed by atoms with van der Waals surface area (Å²) in [6.45, 7) is 1.41. The van der Waals surface area contributed by atoms with Gasteiger partial charge in [-0.2, -0.15) is 0 Å². The van der Waals surface area contributed by atoms with Crippen molar-refractivity contribution >= 4 is 17.5 Å². The van der Waals surface area contributed by atoms with Crippen LogP contribution in [0.4, 0.5) is 11.5 Å². The quantitative estimate of drug-likeness (QED) is 0.513. The van der Waals surface area contributed by atoms with E-state index in [0.717, 1.165) is 16.8 Å². The number of aromatic nitrogens is 1. The molecule has 1 aromatic heterocycles. The van der Waals surface area contributed by atoms with Crippen molar-refractivity contribution in [1.29, 1.82) is 0 Å². The molecule has 3 rings (SSSR count). The summed E-state index contributed by atoms with van der Waals surface area (Å²) in [4.78, 5) is 17.1. The summed E-state index contributed by atoms with van der Waals surface area (Å²) in [5.41, 5.74) is 8.49. The van der Waals surface area contributed by atoms with Crippen molar-refractivity contribution in [3.05, 3.63) is 72.4 Å². The normalized spacial score (nSPS) is 10.5. The third kappa shape index (κ3) is 5.24. The Kier molecular flexibility index (Phi) is 6.65. The first-order valence-electron chi connectivity index (χ1n) is 9.21. The molecule has 29 heavy (non-hydrogen) atoms. The lowest BCUT2D eigenvalue weighted by Crippen LogP contribution is -2.31. The Morgan fingerprint density at radius 3 is 2.45 bits per heavy atom. The van der Waals surface area contributed by atoms with E-state index in [1.807, 2.05) is 35.2 Å². The first-order valence-corrected chi connectivity index (χ1v) is 9.21. The molecule has 0 aliphatic rings. The van der Waals surface area contributed by atoms with Crippen LogP contribution in [-0.2, 0) is 0 Å². The van der Waals surface area contributed by atoms with Gasteiger partial charge in [-0.1, -0.05) is 30.3 Å². The summed E-state index contributed by atoms with van der Waals surface area (Å²) in [5, 5.41) is 18.4. The Bertz CT molecular complexity index is 943. The molecule has 0 aliphatic heterocycles. The van der Waals surface area contributed by atoms with Gasteiger partial charge < -0.3 is 25.6 Å². The highest BCUT2D eigenvalue weighted by Gasteiger charge is 2.10. The van der Waals surface area contributed by atoms with Crippen molar-refractivity contribution in [3.63, 3.8) is 0 Å².